The third-order valence-corrected chi connectivity index (χ3v) is 4.18. The number of halogens is 1. The van der Waals surface area contributed by atoms with Gasteiger partial charge in [0.1, 0.15) is 0 Å². The van der Waals surface area contributed by atoms with Crippen LogP contribution in [0, 0.1) is 5.82 Å². The van der Waals surface area contributed by atoms with E-state index >= 15 is 0 Å². The third-order valence-electron chi connectivity index (χ3n) is 3.14. The summed E-state index contributed by atoms with van der Waals surface area (Å²) in [7, 11) is 1.49. The molecule has 0 spiro atoms. The summed E-state index contributed by atoms with van der Waals surface area (Å²) >= 11 is 1.63. The first-order valence-electron chi connectivity index (χ1n) is 6.98. The first kappa shape index (κ1) is 15.9. The van der Waals surface area contributed by atoms with Gasteiger partial charge in [-0.3, -0.25) is 0 Å². The highest BCUT2D eigenvalue weighted by atomic mass is 32.2. The van der Waals surface area contributed by atoms with Crippen molar-refractivity contribution >= 4 is 11.8 Å². The molecule has 21 heavy (non-hydrogen) atoms. The largest absolute Gasteiger partial charge is 0.494 e. The van der Waals surface area contributed by atoms with E-state index in [4.69, 9.17) is 4.74 Å². The number of benzene rings is 2. The Kier molecular flexibility index (Phi) is 6.08. The maximum atomic E-state index is 14.1. The van der Waals surface area contributed by atoms with Gasteiger partial charge in [0.2, 0.25) is 0 Å². The van der Waals surface area contributed by atoms with E-state index in [-0.39, 0.29) is 5.82 Å². The van der Waals surface area contributed by atoms with Crippen molar-refractivity contribution in [1.29, 1.82) is 0 Å². The summed E-state index contributed by atoms with van der Waals surface area (Å²) in [4.78, 5) is 1.15. The molecule has 0 aliphatic heterocycles. The molecule has 0 aliphatic carbocycles. The highest BCUT2D eigenvalue weighted by Gasteiger charge is 2.08. The van der Waals surface area contributed by atoms with Crippen LogP contribution in [0.2, 0.25) is 0 Å². The number of rotatable bonds is 7. The summed E-state index contributed by atoms with van der Waals surface area (Å²) in [6, 6.07) is 13.6. The molecule has 4 heteroatoms. The average molecular weight is 305 g/mol. The second-order valence-corrected chi connectivity index (χ2v) is 5.70. The number of methoxy groups -OCH3 is 1. The third kappa shape index (κ3) is 4.48. The van der Waals surface area contributed by atoms with Crippen LogP contribution in [0.25, 0.3) is 0 Å². The van der Waals surface area contributed by atoms with Gasteiger partial charge in [0.15, 0.2) is 11.6 Å². The van der Waals surface area contributed by atoms with E-state index in [1.165, 1.54) is 12.7 Å². The molecular formula is C17H20FNOS. The van der Waals surface area contributed by atoms with Gasteiger partial charge in [-0.1, -0.05) is 31.2 Å². The predicted molar refractivity (Wildman–Crippen MR) is 86.3 cm³/mol. The van der Waals surface area contributed by atoms with Crippen LogP contribution >= 0.6 is 11.8 Å². The van der Waals surface area contributed by atoms with E-state index in [1.54, 1.807) is 23.9 Å². The average Bonchev–Trinajstić information content (AvgIpc) is 2.52. The van der Waals surface area contributed by atoms with Gasteiger partial charge in [0.25, 0.3) is 0 Å². The summed E-state index contributed by atoms with van der Waals surface area (Å²) in [5.74, 6) is 0.624. The summed E-state index contributed by atoms with van der Waals surface area (Å²) in [5, 5.41) is 3.30. The van der Waals surface area contributed by atoms with Gasteiger partial charge >= 0.3 is 0 Å². The zero-order valence-electron chi connectivity index (χ0n) is 12.4. The van der Waals surface area contributed by atoms with Gasteiger partial charge in [-0.15, -0.1) is 11.8 Å². The lowest BCUT2D eigenvalue weighted by molar-refractivity contribution is 0.385. The molecule has 0 amide bonds. The smallest absolute Gasteiger partial charge is 0.169 e. The minimum absolute atomic E-state index is 0.267. The molecular weight excluding hydrogens is 285 g/mol. The molecule has 0 saturated heterocycles. The highest BCUT2D eigenvalue weighted by molar-refractivity contribution is 7.98. The van der Waals surface area contributed by atoms with Crippen molar-refractivity contribution in [1.82, 2.24) is 5.32 Å². The maximum absolute atomic E-state index is 14.1. The van der Waals surface area contributed by atoms with Crippen LogP contribution in [0.4, 0.5) is 4.39 Å². The fourth-order valence-corrected chi connectivity index (χ4v) is 2.96. The van der Waals surface area contributed by atoms with Gasteiger partial charge in [0, 0.05) is 22.8 Å². The second kappa shape index (κ2) is 8.05. The number of nitrogens with one attached hydrogen (secondary N) is 1. The van der Waals surface area contributed by atoms with Crippen molar-refractivity contribution in [3.05, 3.63) is 59.4 Å². The molecule has 2 aromatic rings. The molecule has 2 aromatic carbocycles. The lowest BCUT2D eigenvalue weighted by Gasteiger charge is -2.08. The van der Waals surface area contributed by atoms with Gasteiger partial charge in [-0.25, -0.2) is 4.39 Å². The van der Waals surface area contributed by atoms with E-state index in [9.17, 15) is 4.39 Å². The molecule has 0 bridgehead atoms. The Morgan fingerprint density at radius 2 is 2.00 bits per heavy atom. The Labute approximate surface area is 129 Å². The predicted octanol–water partition coefficient (Wildman–Crippen LogP) is 4.24. The molecule has 0 radical (unpaired) electrons. The van der Waals surface area contributed by atoms with Gasteiger partial charge in [-0.05, 0) is 30.3 Å². The van der Waals surface area contributed by atoms with E-state index < -0.39 is 0 Å². The molecule has 0 saturated carbocycles. The van der Waals surface area contributed by atoms with Crippen LogP contribution in [0.5, 0.6) is 5.75 Å². The number of ether oxygens (including phenoxy) is 1. The van der Waals surface area contributed by atoms with Crippen LogP contribution in [0.3, 0.4) is 0 Å². The fraction of sp³-hybridized carbons (Fsp3) is 0.294. The minimum Gasteiger partial charge on any atom is -0.494 e. The van der Waals surface area contributed by atoms with Crippen molar-refractivity contribution in [3.8, 4) is 5.75 Å². The van der Waals surface area contributed by atoms with Crippen molar-refractivity contribution in [2.75, 3.05) is 13.7 Å². The van der Waals surface area contributed by atoms with Gasteiger partial charge < -0.3 is 10.1 Å². The van der Waals surface area contributed by atoms with E-state index in [0.717, 1.165) is 18.0 Å². The summed E-state index contributed by atoms with van der Waals surface area (Å²) in [6.07, 6.45) is 0. The minimum atomic E-state index is -0.267. The molecule has 0 unspecified atom stereocenters. The lowest BCUT2D eigenvalue weighted by atomic mass is 10.2. The Hall–Kier alpha value is -1.52. The molecule has 0 aromatic heterocycles. The topological polar surface area (TPSA) is 21.3 Å². The highest BCUT2D eigenvalue weighted by Crippen LogP contribution is 2.28. The molecule has 2 nitrogen and oxygen atoms in total. The Morgan fingerprint density at radius 1 is 1.19 bits per heavy atom. The lowest BCUT2D eigenvalue weighted by Crippen LogP contribution is -2.11. The van der Waals surface area contributed by atoms with Crippen molar-refractivity contribution < 1.29 is 9.13 Å². The standard InChI is InChI=1S/C17H20FNOS/c1-3-19-11-13-6-4-8-15(10-13)21-12-14-7-5-9-16(20-2)17(14)18/h4-10,19H,3,11-12H2,1-2H3. The first-order valence-corrected chi connectivity index (χ1v) is 7.97. The maximum Gasteiger partial charge on any atom is 0.169 e. The molecule has 2 rings (SSSR count). The first-order chi connectivity index (χ1) is 10.2. The van der Waals surface area contributed by atoms with E-state index in [2.05, 4.69) is 30.4 Å². The zero-order chi connectivity index (χ0) is 15.1. The molecule has 0 fully saturated rings. The van der Waals surface area contributed by atoms with Crippen molar-refractivity contribution in [2.45, 2.75) is 24.1 Å². The molecule has 0 atom stereocenters. The monoisotopic (exact) mass is 305 g/mol. The zero-order valence-corrected chi connectivity index (χ0v) is 13.2. The molecule has 1 N–H and O–H groups in total. The van der Waals surface area contributed by atoms with Crippen LogP contribution in [0.1, 0.15) is 18.1 Å². The number of thioether (sulfide) groups is 1. The SMILES string of the molecule is CCNCc1cccc(SCc2cccc(OC)c2F)c1. The van der Waals surface area contributed by atoms with Crippen molar-refractivity contribution in [3.63, 3.8) is 0 Å². The quantitative estimate of drug-likeness (QED) is 0.773. The summed E-state index contributed by atoms with van der Waals surface area (Å²) < 4.78 is 19.1. The second-order valence-electron chi connectivity index (χ2n) is 4.65. The van der Waals surface area contributed by atoms with E-state index in [1.807, 2.05) is 12.1 Å². The van der Waals surface area contributed by atoms with Gasteiger partial charge in [0.05, 0.1) is 7.11 Å². The molecule has 0 aliphatic rings. The normalized spacial score (nSPS) is 10.6. The van der Waals surface area contributed by atoms with Crippen LogP contribution in [0.15, 0.2) is 47.4 Å². The van der Waals surface area contributed by atoms with Gasteiger partial charge in [-0.2, -0.15) is 0 Å². The molecule has 0 heterocycles. The van der Waals surface area contributed by atoms with Crippen molar-refractivity contribution in [2.24, 2.45) is 0 Å². The van der Waals surface area contributed by atoms with Crippen LogP contribution in [-0.4, -0.2) is 13.7 Å². The Balaban J connectivity index is 2.03. The summed E-state index contributed by atoms with van der Waals surface area (Å²) in [6.45, 7) is 3.90. The van der Waals surface area contributed by atoms with E-state index in [0.29, 0.717) is 17.1 Å². The summed E-state index contributed by atoms with van der Waals surface area (Å²) in [5.41, 5.74) is 1.91. The Morgan fingerprint density at radius 3 is 2.76 bits per heavy atom. The molecule has 112 valence electrons. The van der Waals surface area contributed by atoms with Crippen LogP contribution < -0.4 is 10.1 Å². The fourth-order valence-electron chi connectivity index (χ4n) is 2.00. The number of hydrogen-bond acceptors (Lipinski definition) is 3. The number of hydrogen-bond donors (Lipinski definition) is 1. The van der Waals surface area contributed by atoms with Crippen LogP contribution in [-0.2, 0) is 12.3 Å². The Bertz CT molecular complexity index is 589.